The fourth-order valence-corrected chi connectivity index (χ4v) is 1.96. The first-order chi connectivity index (χ1) is 8.08. The zero-order chi connectivity index (χ0) is 12.4. The van der Waals surface area contributed by atoms with E-state index in [9.17, 15) is 9.59 Å². The number of nitrogens with zero attached hydrogens (tertiary/aromatic N) is 2. The van der Waals surface area contributed by atoms with Crippen molar-refractivity contribution in [2.24, 2.45) is 5.92 Å². The molecule has 1 N–H and O–H groups in total. The molecule has 0 bridgehead atoms. The average molecular weight is 234 g/mol. The monoisotopic (exact) mass is 234 g/mol. The lowest BCUT2D eigenvalue weighted by Crippen LogP contribution is -2.26. The van der Waals surface area contributed by atoms with Gasteiger partial charge in [-0.25, -0.2) is 0 Å². The van der Waals surface area contributed by atoms with Gasteiger partial charge in [0.1, 0.15) is 0 Å². The molecule has 0 aromatic carbocycles. The van der Waals surface area contributed by atoms with Gasteiger partial charge >= 0.3 is 5.97 Å². The first kappa shape index (κ1) is 11.6. The summed E-state index contributed by atoms with van der Waals surface area (Å²) in [4.78, 5) is 28.2. The average Bonchev–Trinajstić information content (AvgIpc) is 2.64. The Morgan fingerprint density at radius 1 is 1.65 bits per heavy atom. The van der Waals surface area contributed by atoms with Crippen LogP contribution in [0.15, 0.2) is 18.3 Å². The number of carbonyl (C=O) groups excluding carboxylic acids is 1. The van der Waals surface area contributed by atoms with E-state index >= 15 is 0 Å². The number of carboxylic acids is 1. The van der Waals surface area contributed by atoms with Gasteiger partial charge in [0, 0.05) is 19.2 Å². The predicted octanol–water partition coefficient (Wildman–Crippen LogP) is 0.823. The molecular weight excluding hydrogens is 220 g/mol. The number of aliphatic carboxylic acids is 1. The Morgan fingerprint density at radius 2 is 2.41 bits per heavy atom. The lowest BCUT2D eigenvalue weighted by atomic mass is 10.1. The molecule has 5 heteroatoms. The van der Waals surface area contributed by atoms with E-state index in [0.29, 0.717) is 6.54 Å². The molecule has 1 aromatic rings. The van der Waals surface area contributed by atoms with Crippen LogP contribution in [0.2, 0.25) is 0 Å². The Labute approximate surface area is 99.1 Å². The maximum Gasteiger partial charge on any atom is 0.308 e. The first-order valence-corrected chi connectivity index (χ1v) is 5.49. The number of aromatic nitrogens is 1. The Kier molecular flexibility index (Phi) is 3.08. The molecule has 1 amide bonds. The van der Waals surface area contributed by atoms with Gasteiger partial charge in [0.2, 0.25) is 5.91 Å². The van der Waals surface area contributed by atoms with E-state index in [1.165, 1.54) is 0 Å². The van der Waals surface area contributed by atoms with Gasteiger partial charge < -0.3 is 10.0 Å². The molecule has 1 aliphatic rings. The van der Waals surface area contributed by atoms with Crippen LogP contribution in [0.1, 0.15) is 17.7 Å². The van der Waals surface area contributed by atoms with Crippen LogP contribution in [0.25, 0.3) is 0 Å². The number of likely N-dealkylation sites (tertiary alicyclic amines) is 1. The van der Waals surface area contributed by atoms with Gasteiger partial charge in [-0.3, -0.25) is 14.6 Å². The quantitative estimate of drug-likeness (QED) is 0.840. The van der Waals surface area contributed by atoms with Crippen LogP contribution in [-0.4, -0.2) is 33.4 Å². The summed E-state index contributed by atoms with van der Waals surface area (Å²) in [6, 6.07) is 3.77. The SMILES string of the molecule is Cc1cccnc1CN1CC(C(=O)O)CC1=O. The highest BCUT2D eigenvalue weighted by atomic mass is 16.4. The van der Waals surface area contributed by atoms with Gasteiger partial charge in [0.15, 0.2) is 0 Å². The summed E-state index contributed by atoms with van der Waals surface area (Å²) < 4.78 is 0. The van der Waals surface area contributed by atoms with Crippen molar-refractivity contribution in [3.05, 3.63) is 29.6 Å². The van der Waals surface area contributed by atoms with Crippen LogP contribution in [0.5, 0.6) is 0 Å². The van der Waals surface area contributed by atoms with Crippen molar-refractivity contribution in [1.82, 2.24) is 9.88 Å². The summed E-state index contributed by atoms with van der Waals surface area (Å²) in [7, 11) is 0. The van der Waals surface area contributed by atoms with E-state index in [-0.39, 0.29) is 18.9 Å². The number of aryl methyl sites for hydroxylation is 1. The van der Waals surface area contributed by atoms with Crippen molar-refractivity contribution in [1.29, 1.82) is 0 Å². The fraction of sp³-hybridized carbons (Fsp3) is 0.417. The second kappa shape index (κ2) is 4.53. The molecule has 1 aromatic heterocycles. The summed E-state index contributed by atoms with van der Waals surface area (Å²) in [5.41, 5.74) is 1.84. The largest absolute Gasteiger partial charge is 0.481 e. The minimum atomic E-state index is -0.904. The molecule has 0 aliphatic carbocycles. The molecule has 1 unspecified atom stereocenters. The van der Waals surface area contributed by atoms with E-state index < -0.39 is 11.9 Å². The van der Waals surface area contributed by atoms with Gasteiger partial charge in [-0.05, 0) is 18.6 Å². The molecule has 1 fully saturated rings. The molecule has 17 heavy (non-hydrogen) atoms. The smallest absolute Gasteiger partial charge is 0.308 e. The minimum absolute atomic E-state index is 0.0984. The lowest BCUT2D eigenvalue weighted by molar-refractivity contribution is -0.141. The van der Waals surface area contributed by atoms with E-state index in [2.05, 4.69) is 4.98 Å². The molecule has 1 atom stereocenters. The third-order valence-electron chi connectivity index (χ3n) is 3.02. The Balaban J connectivity index is 2.08. The molecule has 90 valence electrons. The fourth-order valence-electron chi connectivity index (χ4n) is 1.96. The summed E-state index contributed by atoms with van der Waals surface area (Å²) in [5, 5.41) is 8.87. The van der Waals surface area contributed by atoms with Crippen molar-refractivity contribution in [2.45, 2.75) is 19.9 Å². The Hall–Kier alpha value is -1.91. The number of hydrogen-bond acceptors (Lipinski definition) is 3. The number of carbonyl (C=O) groups is 2. The van der Waals surface area contributed by atoms with E-state index in [4.69, 9.17) is 5.11 Å². The normalized spacial score (nSPS) is 19.7. The Morgan fingerprint density at radius 3 is 3.00 bits per heavy atom. The Bertz CT molecular complexity index is 459. The highest BCUT2D eigenvalue weighted by Gasteiger charge is 2.34. The topological polar surface area (TPSA) is 70.5 Å². The third-order valence-corrected chi connectivity index (χ3v) is 3.02. The molecule has 5 nitrogen and oxygen atoms in total. The van der Waals surface area contributed by atoms with Crippen LogP contribution in [-0.2, 0) is 16.1 Å². The van der Waals surface area contributed by atoms with Gasteiger partial charge in [-0.1, -0.05) is 6.07 Å². The van der Waals surface area contributed by atoms with Crippen molar-refractivity contribution >= 4 is 11.9 Å². The van der Waals surface area contributed by atoms with Crippen molar-refractivity contribution in [3.8, 4) is 0 Å². The zero-order valence-electron chi connectivity index (χ0n) is 9.59. The molecular formula is C12H14N2O3. The van der Waals surface area contributed by atoms with Crippen molar-refractivity contribution < 1.29 is 14.7 Å². The number of pyridine rings is 1. The molecule has 2 heterocycles. The number of rotatable bonds is 3. The molecule has 0 saturated carbocycles. The molecule has 2 rings (SSSR count). The maximum atomic E-state index is 11.6. The lowest BCUT2D eigenvalue weighted by Gasteiger charge is -2.16. The predicted molar refractivity (Wildman–Crippen MR) is 60.1 cm³/mol. The van der Waals surface area contributed by atoms with E-state index in [1.54, 1.807) is 11.1 Å². The first-order valence-electron chi connectivity index (χ1n) is 5.49. The highest BCUT2D eigenvalue weighted by molar-refractivity contribution is 5.86. The molecule has 0 radical (unpaired) electrons. The highest BCUT2D eigenvalue weighted by Crippen LogP contribution is 2.20. The second-order valence-corrected chi connectivity index (χ2v) is 4.28. The summed E-state index contributed by atoms with van der Waals surface area (Å²) in [6.07, 6.45) is 1.78. The summed E-state index contributed by atoms with van der Waals surface area (Å²) in [6.45, 7) is 2.61. The van der Waals surface area contributed by atoms with E-state index in [1.807, 2.05) is 19.1 Å². The second-order valence-electron chi connectivity index (χ2n) is 4.28. The van der Waals surface area contributed by atoms with E-state index in [0.717, 1.165) is 11.3 Å². The van der Waals surface area contributed by atoms with Crippen LogP contribution >= 0.6 is 0 Å². The summed E-state index contributed by atoms with van der Waals surface area (Å²) in [5.74, 6) is -1.59. The standard InChI is InChI=1S/C12H14N2O3/c1-8-3-2-4-13-10(8)7-14-6-9(12(16)17)5-11(14)15/h2-4,9H,5-7H2,1H3,(H,16,17). The van der Waals surface area contributed by atoms with Gasteiger partial charge in [-0.2, -0.15) is 0 Å². The van der Waals surface area contributed by atoms with Gasteiger partial charge in [0.05, 0.1) is 18.2 Å². The maximum absolute atomic E-state index is 11.6. The van der Waals surface area contributed by atoms with Crippen molar-refractivity contribution in [2.75, 3.05) is 6.54 Å². The van der Waals surface area contributed by atoms with Crippen LogP contribution in [0, 0.1) is 12.8 Å². The number of carboxylic acid groups (broad SMARTS) is 1. The number of amides is 1. The summed E-state index contributed by atoms with van der Waals surface area (Å²) >= 11 is 0. The molecule has 0 spiro atoms. The van der Waals surface area contributed by atoms with Gasteiger partial charge in [0.25, 0.3) is 0 Å². The zero-order valence-corrected chi connectivity index (χ0v) is 9.59. The number of hydrogen-bond donors (Lipinski definition) is 1. The van der Waals surface area contributed by atoms with Crippen molar-refractivity contribution in [3.63, 3.8) is 0 Å². The van der Waals surface area contributed by atoms with Crippen LogP contribution in [0.3, 0.4) is 0 Å². The molecule has 1 saturated heterocycles. The van der Waals surface area contributed by atoms with Crippen LogP contribution < -0.4 is 0 Å². The minimum Gasteiger partial charge on any atom is -0.481 e. The van der Waals surface area contributed by atoms with Gasteiger partial charge in [-0.15, -0.1) is 0 Å². The third kappa shape index (κ3) is 2.43. The molecule has 1 aliphatic heterocycles. The van der Waals surface area contributed by atoms with Crippen LogP contribution in [0.4, 0.5) is 0 Å².